The van der Waals surface area contributed by atoms with Crippen LogP contribution in [0.4, 0.5) is 0 Å². The summed E-state index contributed by atoms with van der Waals surface area (Å²) in [5.41, 5.74) is 1.26. The van der Waals surface area contributed by atoms with Gasteiger partial charge in [0.1, 0.15) is 12.3 Å². The van der Waals surface area contributed by atoms with Crippen LogP contribution in [0.5, 0.6) is 5.75 Å². The van der Waals surface area contributed by atoms with Crippen LogP contribution in [0.3, 0.4) is 0 Å². The summed E-state index contributed by atoms with van der Waals surface area (Å²) >= 11 is 0. The molecule has 8 heteroatoms. The summed E-state index contributed by atoms with van der Waals surface area (Å²) in [6.07, 6.45) is 4.65. The standard InChI is InChI=1S/C22H37N5O2.HI/c1-5-6-13-23-22(25-17-21(28)26(2)3)24-16-20(27-14-7-8-15-27)18-9-11-19(29-4)12-10-18;/h9-12,20H,5-8,13-17H2,1-4H3,(H2,23,24,25);1H. The van der Waals surface area contributed by atoms with Crippen LogP contribution in [0, 0.1) is 0 Å². The minimum Gasteiger partial charge on any atom is -0.497 e. The van der Waals surface area contributed by atoms with Crippen molar-refractivity contribution in [2.75, 3.05) is 53.9 Å². The third kappa shape index (κ3) is 8.67. The number of likely N-dealkylation sites (tertiary alicyclic amines) is 1. The van der Waals surface area contributed by atoms with Gasteiger partial charge in [0.25, 0.3) is 0 Å². The van der Waals surface area contributed by atoms with Crippen molar-refractivity contribution < 1.29 is 9.53 Å². The maximum absolute atomic E-state index is 11.9. The average Bonchev–Trinajstić information content (AvgIpc) is 3.26. The van der Waals surface area contributed by atoms with Gasteiger partial charge in [-0.05, 0) is 50.0 Å². The van der Waals surface area contributed by atoms with Gasteiger partial charge in [0.15, 0.2) is 5.96 Å². The molecule has 1 aliphatic rings. The third-order valence-electron chi connectivity index (χ3n) is 5.24. The Morgan fingerprint density at radius 1 is 1.20 bits per heavy atom. The highest BCUT2D eigenvalue weighted by atomic mass is 127. The van der Waals surface area contributed by atoms with Gasteiger partial charge in [-0.1, -0.05) is 25.5 Å². The second kappa shape index (κ2) is 14.5. The summed E-state index contributed by atoms with van der Waals surface area (Å²) in [5.74, 6) is 1.56. The van der Waals surface area contributed by atoms with Crippen LogP contribution in [-0.4, -0.2) is 75.6 Å². The summed E-state index contributed by atoms with van der Waals surface area (Å²) in [7, 11) is 5.19. The van der Waals surface area contributed by atoms with Crippen LogP contribution in [0.25, 0.3) is 0 Å². The molecule has 1 aromatic carbocycles. The number of hydrogen-bond donors (Lipinski definition) is 2. The van der Waals surface area contributed by atoms with Crippen LogP contribution in [0.1, 0.15) is 44.2 Å². The molecule has 1 aromatic rings. The van der Waals surface area contributed by atoms with Crippen LogP contribution < -0.4 is 15.4 Å². The zero-order valence-electron chi connectivity index (χ0n) is 18.8. The highest BCUT2D eigenvalue weighted by Gasteiger charge is 2.23. The molecule has 1 unspecified atom stereocenters. The van der Waals surface area contributed by atoms with Crippen molar-refractivity contribution in [2.45, 2.75) is 38.6 Å². The normalized spacial score (nSPS) is 15.3. The molecule has 2 N–H and O–H groups in total. The Hall–Kier alpha value is -1.55. The highest BCUT2D eigenvalue weighted by molar-refractivity contribution is 14.0. The van der Waals surface area contributed by atoms with Gasteiger partial charge in [-0.25, -0.2) is 4.99 Å². The van der Waals surface area contributed by atoms with Crippen LogP contribution >= 0.6 is 24.0 Å². The molecular weight excluding hydrogens is 493 g/mol. The Morgan fingerprint density at radius 2 is 1.87 bits per heavy atom. The fourth-order valence-corrected chi connectivity index (χ4v) is 3.38. The number of benzene rings is 1. The van der Waals surface area contributed by atoms with E-state index in [-0.39, 0.29) is 42.5 Å². The van der Waals surface area contributed by atoms with Crippen LogP contribution in [0.15, 0.2) is 29.3 Å². The molecule has 1 heterocycles. The van der Waals surface area contributed by atoms with Gasteiger partial charge in [0.05, 0.1) is 13.2 Å². The number of guanidine groups is 1. The van der Waals surface area contributed by atoms with Crippen LogP contribution in [-0.2, 0) is 4.79 Å². The number of nitrogens with zero attached hydrogens (tertiary/aromatic N) is 3. The van der Waals surface area contributed by atoms with Crippen molar-refractivity contribution in [3.8, 4) is 5.75 Å². The largest absolute Gasteiger partial charge is 0.497 e. The summed E-state index contributed by atoms with van der Waals surface area (Å²) in [4.78, 5) is 20.5. The molecule has 30 heavy (non-hydrogen) atoms. The Morgan fingerprint density at radius 3 is 2.43 bits per heavy atom. The fourth-order valence-electron chi connectivity index (χ4n) is 3.38. The predicted molar refractivity (Wildman–Crippen MR) is 134 cm³/mol. The average molecular weight is 531 g/mol. The van der Waals surface area contributed by atoms with E-state index in [0.717, 1.165) is 44.8 Å². The van der Waals surface area contributed by atoms with Gasteiger partial charge in [0.2, 0.25) is 5.91 Å². The number of hydrogen-bond acceptors (Lipinski definition) is 4. The van der Waals surface area contributed by atoms with Gasteiger partial charge in [-0.15, -0.1) is 24.0 Å². The summed E-state index contributed by atoms with van der Waals surface area (Å²) in [5, 5.41) is 6.83. The highest BCUT2D eigenvalue weighted by Crippen LogP contribution is 2.26. The fraction of sp³-hybridized carbons (Fsp3) is 0.636. The first-order valence-electron chi connectivity index (χ1n) is 10.7. The molecule has 1 amide bonds. The zero-order valence-corrected chi connectivity index (χ0v) is 21.1. The van der Waals surface area contributed by atoms with Gasteiger partial charge in [-0.2, -0.15) is 0 Å². The molecule has 0 saturated carbocycles. The molecule has 1 aliphatic heterocycles. The van der Waals surface area contributed by atoms with E-state index in [9.17, 15) is 4.79 Å². The first-order chi connectivity index (χ1) is 14.0. The molecule has 0 aliphatic carbocycles. The number of nitrogens with one attached hydrogen (secondary N) is 2. The van der Waals surface area contributed by atoms with E-state index in [0.29, 0.717) is 5.96 Å². The molecule has 1 fully saturated rings. The maximum Gasteiger partial charge on any atom is 0.243 e. The van der Waals surface area contributed by atoms with Crippen molar-refractivity contribution in [1.29, 1.82) is 0 Å². The Balaban J connectivity index is 0.00000450. The Labute approximate surface area is 198 Å². The van der Waals surface area contributed by atoms with Gasteiger partial charge >= 0.3 is 0 Å². The lowest BCUT2D eigenvalue weighted by Crippen LogP contribution is -2.43. The van der Waals surface area contributed by atoms with Crippen molar-refractivity contribution in [1.82, 2.24) is 20.4 Å². The van der Waals surface area contributed by atoms with Gasteiger partial charge in [-0.3, -0.25) is 9.69 Å². The number of rotatable bonds is 10. The zero-order chi connectivity index (χ0) is 21.1. The number of carbonyl (C=O) groups is 1. The van der Waals surface area contributed by atoms with Crippen molar-refractivity contribution in [3.05, 3.63) is 29.8 Å². The van der Waals surface area contributed by atoms with E-state index in [4.69, 9.17) is 4.74 Å². The number of unbranched alkanes of at least 4 members (excludes halogenated alkanes) is 1. The van der Waals surface area contributed by atoms with Crippen molar-refractivity contribution in [2.24, 2.45) is 4.99 Å². The topological polar surface area (TPSA) is 69.2 Å². The number of aliphatic imine (C=N–C) groups is 1. The van der Waals surface area contributed by atoms with E-state index in [1.165, 1.54) is 18.4 Å². The molecule has 0 aromatic heterocycles. The van der Waals surface area contributed by atoms with E-state index >= 15 is 0 Å². The van der Waals surface area contributed by atoms with Gasteiger partial charge in [0, 0.05) is 27.2 Å². The molecule has 7 nitrogen and oxygen atoms in total. The number of amides is 1. The molecule has 1 atom stereocenters. The smallest absolute Gasteiger partial charge is 0.243 e. The molecule has 170 valence electrons. The Bertz CT molecular complexity index is 645. The van der Waals surface area contributed by atoms with E-state index in [1.54, 1.807) is 26.1 Å². The third-order valence-corrected chi connectivity index (χ3v) is 5.24. The molecule has 2 rings (SSSR count). The van der Waals surface area contributed by atoms with Crippen molar-refractivity contribution in [3.63, 3.8) is 0 Å². The van der Waals surface area contributed by atoms with E-state index < -0.39 is 0 Å². The minimum absolute atomic E-state index is 0. The SMILES string of the molecule is CCCCNC(=NCC(=O)N(C)C)NCC(c1ccc(OC)cc1)N1CCCC1.I. The number of methoxy groups -OCH3 is 1. The summed E-state index contributed by atoms with van der Waals surface area (Å²) in [6, 6.07) is 8.57. The number of halogens is 1. The quantitative estimate of drug-likeness (QED) is 0.210. The minimum atomic E-state index is -0.00663. The number of ether oxygens (including phenoxy) is 1. The second-order valence-electron chi connectivity index (χ2n) is 7.65. The summed E-state index contributed by atoms with van der Waals surface area (Å²) in [6.45, 7) is 6.09. The molecule has 0 radical (unpaired) electrons. The predicted octanol–water partition coefficient (Wildman–Crippen LogP) is 2.87. The van der Waals surface area contributed by atoms with Gasteiger partial charge < -0.3 is 20.3 Å². The van der Waals surface area contributed by atoms with Crippen LogP contribution in [0.2, 0.25) is 0 Å². The van der Waals surface area contributed by atoms with E-state index in [1.807, 2.05) is 12.1 Å². The molecule has 0 bridgehead atoms. The monoisotopic (exact) mass is 531 g/mol. The molecule has 1 saturated heterocycles. The van der Waals surface area contributed by atoms with Crippen molar-refractivity contribution >= 4 is 35.8 Å². The molecular formula is C22H38IN5O2. The first kappa shape index (κ1) is 26.5. The lowest BCUT2D eigenvalue weighted by Gasteiger charge is -2.29. The molecule has 0 spiro atoms. The maximum atomic E-state index is 11.9. The summed E-state index contributed by atoms with van der Waals surface area (Å²) < 4.78 is 5.31. The Kier molecular flexibility index (Phi) is 12.8. The number of carbonyl (C=O) groups excluding carboxylic acids is 1. The second-order valence-corrected chi connectivity index (χ2v) is 7.65. The van der Waals surface area contributed by atoms with E-state index in [2.05, 4.69) is 39.6 Å². The first-order valence-corrected chi connectivity index (χ1v) is 10.7. The lowest BCUT2D eigenvalue weighted by molar-refractivity contribution is -0.127. The lowest BCUT2D eigenvalue weighted by atomic mass is 10.1. The number of likely N-dealkylation sites (N-methyl/N-ethyl adjacent to an activating group) is 1.